The van der Waals surface area contributed by atoms with Gasteiger partial charge in [-0.25, -0.2) is 4.79 Å². The number of nitrogens with two attached hydrogens (primary N) is 1. The second kappa shape index (κ2) is 14.8. The molecule has 0 fully saturated rings. The second-order valence-corrected chi connectivity index (χ2v) is 11.1. The summed E-state index contributed by atoms with van der Waals surface area (Å²) in [5, 5.41) is 33.9. The van der Waals surface area contributed by atoms with Crippen molar-refractivity contribution in [2.75, 3.05) is 5.32 Å². The zero-order valence-electron chi connectivity index (χ0n) is 24.4. The van der Waals surface area contributed by atoms with Crippen LogP contribution in [-0.2, 0) is 30.7 Å². The Morgan fingerprint density at radius 3 is 2.11 bits per heavy atom. The number of amides is 3. The number of urea groups is 1. The lowest BCUT2D eigenvalue weighted by molar-refractivity contribution is -0.128. The number of hydrogen-bond acceptors (Lipinski definition) is 6. The van der Waals surface area contributed by atoms with Gasteiger partial charge in [-0.05, 0) is 46.4 Å². The van der Waals surface area contributed by atoms with Crippen molar-refractivity contribution in [2.24, 2.45) is 5.73 Å². The van der Waals surface area contributed by atoms with Crippen LogP contribution < -0.4 is 27.0 Å². The fourth-order valence-electron chi connectivity index (χ4n) is 5.50. The van der Waals surface area contributed by atoms with Crippen molar-refractivity contribution in [1.29, 1.82) is 0 Å². The number of aliphatic hydroxyl groups is 2. The molecule has 0 heterocycles. The first-order chi connectivity index (χ1) is 21.4. The lowest BCUT2D eigenvalue weighted by atomic mass is 9.95. The highest BCUT2D eigenvalue weighted by Crippen LogP contribution is 2.31. The zero-order valence-corrected chi connectivity index (χ0v) is 24.4. The molecule has 0 aromatic heterocycles. The van der Waals surface area contributed by atoms with Crippen LogP contribution >= 0.6 is 0 Å². The van der Waals surface area contributed by atoms with Crippen LogP contribution in [0.1, 0.15) is 33.9 Å². The van der Waals surface area contributed by atoms with Crippen molar-refractivity contribution < 1.29 is 19.8 Å². The SMILES string of the molecule is N[C@@H](Cc1ccccc1)[C@@H](O)[C@@H](NCc1ccc(CNC(=O)Nc2ccccc2)cc1)C(=O)N[C@H]1c2ccccc2C[C@H]1O. The van der Waals surface area contributed by atoms with Crippen molar-refractivity contribution in [3.8, 4) is 0 Å². The largest absolute Gasteiger partial charge is 0.390 e. The Labute approximate surface area is 257 Å². The summed E-state index contributed by atoms with van der Waals surface area (Å²) in [5.74, 6) is -0.438. The van der Waals surface area contributed by atoms with Gasteiger partial charge in [0.1, 0.15) is 6.04 Å². The number of hydrogen-bond donors (Lipinski definition) is 7. The molecule has 3 amide bonds. The van der Waals surface area contributed by atoms with E-state index in [4.69, 9.17) is 5.73 Å². The van der Waals surface area contributed by atoms with E-state index in [2.05, 4.69) is 21.3 Å². The molecule has 44 heavy (non-hydrogen) atoms. The second-order valence-electron chi connectivity index (χ2n) is 11.1. The van der Waals surface area contributed by atoms with E-state index in [1.807, 2.05) is 109 Å². The molecule has 0 spiro atoms. The predicted molar refractivity (Wildman–Crippen MR) is 171 cm³/mol. The quantitative estimate of drug-likeness (QED) is 0.134. The number of aliphatic hydroxyl groups excluding tert-OH is 2. The fourth-order valence-corrected chi connectivity index (χ4v) is 5.50. The zero-order chi connectivity index (χ0) is 30.9. The molecule has 0 saturated carbocycles. The smallest absolute Gasteiger partial charge is 0.319 e. The summed E-state index contributed by atoms with van der Waals surface area (Å²) in [6.07, 6.45) is -1.12. The molecule has 5 rings (SSSR count). The first-order valence-electron chi connectivity index (χ1n) is 14.8. The van der Waals surface area contributed by atoms with Gasteiger partial charge in [0.2, 0.25) is 5.91 Å². The first-order valence-corrected chi connectivity index (χ1v) is 14.8. The van der Waals surface area contributed by atoms with E-state index in [9.17, 15) is 19.8 Å². The van der Waals surface area contributed by atoms with Crippen LogP contribution in [0.5, 0.6) is 0 Å². The third-order valence-corrected chi connectivity index (χ3v) is 7.91. The van der Waals surface area contributed by atoms with E-state index in [1.165, 1.54) is 0 Å². The molecule has 4 aromatic rings. The van der Waals surface area contributed by atoms with Gasteiger partial charge in [-0.1, -0.05) is 97.1 Å². The van der Waals surface area contributed by atoms with Crippen molar-refractivity contribution in [3.63, 3.8) is 0 Å². The third-order valence-electron chi connectivity index (χ3n) is 7.91. The molecule has 9 heteroatoms. The molecule has 228 valence electrons. The number of carbonyl (C=O) groups excluding carboxylic acids is 2. The van der Waals surface area contributed by atoms with Gasteiger partial charge in [0.15, 0.2) is 0 Å². The lowest BCUT2D eigenvalue weighted by Gasteiger charge is -2.30. The molecular formula is C35H39N5O4. The molecule has 5 atom stereocenters. The Kier molecular flexibility index (Phi) is 10.4. The Morgan fingerprint density at radius 1 is 0.795 bits per heavy atom. The number of fused-ring (bicyclic) bond motifs is 1. The average Bonchev–Trinajstić information content (AvgIpc) is 3.36. The van der Waals surface area contributed by atoms with Gasteiger partial charge in [0, 0.05) is 31.2 Å². The summed E-state index contributed by atoms with van der Waals surface area (Å²) >= 11 is 0. The molecule has 0 unspecified atom stereocenters. The summed E-state index contributed by atoms with van der Waals surface area (Å²) in [7, 11) is 0. The van der Waals surface area contributed by atoms with Gasteiger partial charge >= 0.3 is 6.03 Å². The highest BCUT2D eigenvalue weighted by atomic mass is 16.3. The standard InChI is InChI=1S/C35H39N5O4/c36-29(19-23-9-3-1-4-10-23)33(42)32(34(43)40-31-28-14-8-7-11-26(28)20-30(31)41)37-21-24-15-17-25(18-16-24)22-38-35(44)39-27-12-5-2-6-13-27/h1-18,29-33,37,41-42H,19-22,36H2,(H,40,43)(H2,38,39,44)/t29-,30+,31-,32+,33+/m0/s1. The molecule has 9 nitrogen and oxygen atoms in total. The fraction of sp³-hybridized carbons (Fsp3) is 0.257. The van der Waals surface area contributed by atoms with Crippen molar-refractivity contribution in [3.05, 3.63) is 137 Å². The molecule has 1 aliphatic rings. The Bertz CT molecular complexity index is 1520. The number of nitrogens with one attached hydrogen (secondary N) is 4. The molecule has 0 radical (unpaired) electrons. The molecule has 0 saturated heterocycles. The topological polar surface area (TPSA) is 149 Å². The maximum Gasteiger partial charge on any atom is 0.319 e. The first kappa shape index (κ1) is 30.9. The highest BCUT2D eigenvalue weighted by Gasteiger charge is 2.36. The number of rotatable bonds is 12. The lowest BCUT2D eigenvalue weighted by Crippen LogP contribution is -2.58. The summed E-state index contributed by atoms with van der Waals surface area (Å²) in [6.45, 7) is 0.634. The van der Waals surface area contributed by atoms with E-state index < -0.39 is 36.2 Å². The van der Waals surface area contributed by atoms with Gasteiger partial charge in [-0.2, -0.15) is 0 Å². The van der Waals surface area contributed by atoms with Crippen molar-refractivity contribution in [2.45, 2.75) is 56.3 Å². The number of carbonyl (C=O) groups is 2. The molecule has 0 bridgehead atoms. The average molecular weight is 594 g/mol. The van der Waals surface area contributed by atoms with Gasteiger partial charge in [-0.15, -0.1) is 0 Å². The van der Waals surface area contributed by atoms with Crippen LogP contribution in [0.2, 0.25) is 0 Å². The predicted octanol–water partition coefficient (Wildman–Crippen LogP) is 3.17. The number of anilines is 1. The summed E-state index contributed by atoms with van der Waals surface area (Å²) in [5.41, 5.74) is 11.8. The van der Waals surface area contributed by atoms with Crippen molar-refractivity contribution in [1.82, 2.24) is 16.0 Å². The van der Waals surface area contributed by atoms with Gasteiger partial charge < -0.3 is 31.9 Å². The van der Waals surface area contributed by atoms with Crippen LogP contribution in [0.15, 0.2) is 109 Å². The van der Waals surface area contributed by atoms with E-state index in [0.29, 0.717) is 31.6 Å². The maximum atomic E-state index is 13.7. The minimum absolute atomic E-state index is 0.291. The van der Waals surface area contributed by atoms with Crippen LogP contribution in [0.4, 0.5) is 10.5 Å². The molecule has 1 aliphatic carbocycles. The van der Waals surface area contributed by atoms with Crippen LogP contribution in [0.3, 0.4) is 0 Å². The van der Waals surface area contributed by atoms with E-state index in [0.717, 1.165) is 27.8 Å². The van der Waals surface area contributed by atoms with E-state index in [1.54, 1.807) is 0 Å². The maximum absolute atomic E-state index is 13.7. The number of benzene rings is 4. The monoisotopic (exact) mass is 593 g/mol. The van der Waals surface area contributed by atoms with Crippen LogP contribution in [0, 0.1) is 0 Å². The normalized spacial score (nSPS) is 17.6. The highest BCUT2D eigenvalue weighted by molar-refractivity contribution is 5.89. The van der Waals surface area contributed by atoms with E-state index >= 15 is 0 Å². The van der Waals surface area contributed by atoms with Gasteiger partial charge in [0.05, 0.1) is 18.2 Å². The summed E-state index contributed by atoms with van der Waals surface area (Å²) in [6, 6.07) is 31.4. The molecular weight excluding hydrogens is 554 g/mol. The number of para-hydroxylation sites is 1. The van der Waals surface area contributed by atoms with Crippen LogP contribution in [-0.4, -0.2) is 46.4 Å². The van der Waals surface area contributed by atoms with Crippen LogP contribution in [0.25, 0.3) is 0 Å². The summed E-state index contributed by atoms with van der Waals surface area (Å²) < 4.78 is 0. The van der Waals surface area contributed by atoms with E-state index in [-0.39, 0.29) is 6.03 Å². The Hall–Kier alpha value is -4.54. The van der Waals surface area contributed by atoms with Crippen molar-refractivity contribution >= 4 is 17.6 Å². The third kappa shape index (κ3) is 8.09. The van der Waals surface area contributed by atoms with Gasteiger partial charge in [-0.3, -0.25) is 10.1 Å². The molecule has 4 aromatic carbocycles. The minimum atomic E-state index is -1.20. The van der Waals surface area contributed by atoms with Gasteiger partial charge in [0.25, 0.3) is 0 Å². The summed E-state index contributed by atoms with van der Waals surface area (Å²) in [4.78, 5) is 25.9. The Balaban J connectivity index is 1.22. The Morgan fingerprint density at radius 2 is 1.41 bits per heavy atom. The molecule has 8 N–H and O–H groups in total. The molecule has 0 aliphatic heterocycles. The minimum Gasteiger partial charge on any atom is -0.390 e.